The Balaban J connectivity index is 1.54. The third kappa shape index (κ3) is 4.25. The van der Waals surface area contributed by atoms with E-state index in [0.717, 1.165) is 33.3 Å². The number of benzene rings is 3. The van der Waals surface area contributed by atoms with Gasteiger partial charge in [0, 0.05) is 22.0 Å². The van der Waals surface area contributed by atoms with Crippen molar-refractivity contribution in [1.82, 2.24) is 4.68 Å². The molecule has 34 heavy (non-hydrogen) atoms. The summed E-state index contributed by atoms with van der Waals surface area (Å²) in [6, 6.07) is 23.6. The van der Waals surface area contributed by atoms with Gasteiger partial charge in [0.25, 0.3) is 5.91 Å². The van der Waals surface area contributed by atoms with Crippen LogP contribution in [0.3, 0.4) is 0 Å². The molecule has 3 aromatic carbocycles. The molecule has 1 aliphatic heterocycles. The van der Waals surface area contributed by atoms with Gasteiger partial charge in [-0.2, -0.15) is 5.01 Å². The average Bonchev–Trinajstić information content (AvgIpc) is 3.30. The number of amides is 1. The molecule has 4 nitrogen and oxygen atoms in total. The van der Waals surface area contributed by atoms with Crippen molar-refractivity contribution in [2.24, 2.45) is 0 Å². The highest BCUT2D eigenvalue weighted by Gasteiger charge is 2.35. The Kier molecular flexibility index (Phi) is 6.21. The van der Waals surface area contributed by atoms with Gasteiger partial charge in [0.15, 0.2) is 4.32 Å². The topological polar surface area (TPSA) is 34.5 Å². The number of carbonyl (C=O) groups is 1. The molecule has 1 saturated heterocycles. The number of rotatable bonds is 5. The van der Waals surface area contributed by atoms with Crippen LogP contribution in [0.1, 0.15) is 22.5 Å². The number of aryl methyl sites for hydroxylation is 2. The quantitative estimate of drug-likeness (QED) is 0.216. The summed E-state index contributed by atoms with van der Waals surface area (Å²) >= 11 is 12.9. The minimum Gasteiger partial charge on any atom is -0.488 e. The molecular weight excluding hydrogens is 484 g/mol. The van der Waals surface area contributed by atoms with Crippen LogP contribution >= 0.6 is 35.6 Å². The summed E-state index contributed by atoms with van der Waals surface area (Å²) in [5.41, 5.74) is 3.77. The van der Waals surface area contributed by atoms with Gasteiger partial charge < -0.3 is 4.74 Å². The average molecular weight is 505 g/mol. The largest absolute Gasteiger partial charge is 0.488 e. The Morgan fingerprint density at radius 3 is 2.41 bits per heavy atom. The van der Waals surface area contributed by atoms with Crippen LogP contribution in [0.15, 0.2) is 77.7 Å². The smallest absolute Gasteiger partial charge is 0.285 e. The highest BCUT2D eigenvalue weighted by atomic mass is 35.5. The molecule has 1 fully saturated rings. The van der Waals surface area contributed by atoms with Gasteiger partial charge in [0.2, 0.25) is 0 Å². The zero-order chi connectivity index (χ0) is 23.8. The SMILES string of the molecule is Cc1ccc(C)n1N1C(=O)/C(=C\c2c(OCc3ccc(Cl)cc3)ccc3ccccc23)SC1=S. The Bertz CT molecular complexity index is 1440. The lowest BCUT2D eigenvalue weighted by Gasteiger charge is -2.20. The molecule has 0 N–H and O–H groups in total. The maximum Gasteiger partial charge on any atom is 0.285 e. The number of nitrogens with zero attached hydrogens (tertiary/aromatic N) is 2. The highest BCUT2D eigenvalue weighted by Crippen LogP contribution is 2.37. The third-order valence-corrected chi connectivity index (χ3v) is 7.26. The van der Waals surface area contributed by atoms with Crippen LogP contribution < -0.4 is 9.75 Å². The van der Waals surface area contributed by atoms with Gasteiger partial charge in [0.1, 0.15) is 12.4 Å². The van der Waals surface area contributed by atoms with Crippen LogP contribution in [0.2, 0.25) is 5.02 Å². The number of thioether (sulfide) groups is 1. The van der Waals surface area contributed by atoms with Crippen molar-refractivity contribution >= 4 is 62.7 Å². The van der Waals surface area contributed by atoms with E-state index in [1.165, 1.54) is 11.8 Å². The number of hydrogen-bond acceptors (Lipinski definition) is 4. The first-order valence-electron chi connectivity index (χ1n) is 10.7. The fourth-order valence-corrected chi connectivity index (χ4v) is 5.38. The number of halogens is 1. The number of carbonyl (C=O) groups excluding carboxylic acids is 1. The lowest BCUT2D eigenvalue weighted by atomic mass is 10.0. The second kappa shape index (κ2) is 9.29. The second-order valence-electron chi connectivity index (χ2n) is 8.04. The van der Waals surface area contributed by atoms with Crippen LogP contribution in [0.25, 0.3) is 16.8 Å². The molecule has 0 spiro atoms. The van der Waals surface area contributed by atoms with Gasteiger partial charge in [-0.15, -0.1) is 0 Å². The van der Waals surface area contributed by atoms with Gasteiger partial charge in [-0.05, 0) is 78.8 Å². The van der Waals surface area contributed by atoms with E-state index in [1.807, 2.05) is 97.4 Å². The molecule has 7 heteroatoms. The number of thiocarbonyl (C=S) groups is 1. The Morgan fingerprint density at radius 1 is 0.971 bits per heavy atom. The fraction of sp³-hybridized carbons (Fsp3) is 0.111. The second-order valence-corrected chi connectivity index (χ2v) is 10.1. The number of hydrogen-bond donors (Lipinski definition) is 0. The van der Waals surface area contributed by atoms with Crippen LogP contribution in [0.4, 0.5) is 0 Å². The molecule has 0 saturated carbocycles. The number of fused-ring (bicyclic) bond motifs is 1. The third-order valence-electron chi connectivity index (χ3n) is 5.72. The number of ether oxygens (including phenoxy) is 1. The zero-order valence-corrected chi connectivity index (χ0v) is 21.0. The van der Waals surface area contributed by atoms with E-state index in [2.05, 4.69) is 0 Å². The molecule has 0 atom stereocenters. The van der Waals surface area contributed by atoms with E-state index in [4.69, 9.17) is 28.6 Å². The summed E-state index contributed by atoms with van der Waals surface area (Å²) in [5, 5.41) is 4.33. The summed E-state index contributed by atoms with van der Waals surface area (Å²) in [5.74, 6) is 0.557. The molecule has 0 aliphatic carbocycles. The Morgan fingerprint density at radius 2 is 1.68 bits per heavy atom. The lowest BCUT2D eigenvalue weighted by Crippen LogP contribution is -2.39. The first-order chi connectivity index (χ1) is 16.4. The highest BCUT2D eigenvalue weighted by molar-refractivity contribution is 8.27. The van der Waals surface area contributed by atoms with Crippen molar-refractivity contribution in [3.05, 3.63) is 105 Å². The van der Waals surface area contributed by atoms with Crippen molar-refractivity contribution in [3.8, 4) is 5.75 Å². The molecule has 1 amide bonds. The normalized spacial score (nSPS) is 15.0. The lowest BCUT2D eigenvalue weighted by molar-refractivity contribution is -0.114. The molecule has 1 aliphatic rings. The zero-order valence-electron chi connectivity index (χ0n) is 18.6. The maximum atomic E-state index is 13.5. The summed E-state index contributed by atoms with van der Waals surface area (Å²) in [4.78, 5) is 14.0. The molecule has 4 aromatic rings. The van der Waals surface area contributed by atoms with Crippen LogP contribution in [0, 0.1) is 13.8 Å². The standard InChI is InChI=1S/C27H21ClN2O2S2/c1-17-7-8-18(2)29(17)30-26(31)25(34-27(30)33)15-23-22-6-4-3-5-20(22)11-14-24(23)32-16-19-9-12-21(28)13-10-19/h3-15H,16H2,1-2H3/b25-15+. The van der Waals surface area contributed by atoms with Crippen LogP contribution in [-0.4, -0.2) is 14.9 Å². The van der Waals surface area contributed by atoms with Crippen molar-refractivity contribution in [2.45, 2.75) is 20.5 Å². The predicted molar refractivity (Wildman–Crippen MR) is 145 cm³/mol. The van der Waals surface area contributed by atoms with Crippen molar-refractivity contribution < 1.29 is 9.53 Å². The fourth-order valence-electron chi connectivity index (χ4n) is 4.03. The summed E-state index contributed by atoms with van der Waals surface area (Å²) in [6.45, 7) is 4.31. The summed E-state index contributed by atoms with van der Waals surface area (Å²) in [6.07, 6.45) is 1.90. The van der Waals surface area contributed by atoms with Crippen molar-refractivity contribution in [3.63, 3.8) is 0 Å². The molecule has 1 aromatic heterocycles. The van der Waals surface area contributed by atoms with E-state index < -0.39 is 0 Å². The molecule has 2 heterocycles. The molecule has 170 valence electrons. The van der Waals surface area contributed by atoms with Crippen molar-refractivity contribution in [1.29, 1.82) is 0 Å². The summed E-state index contributed by atoms with van der Waals surface area (Å²) < 4.78 is 8.58. The van der Waals surface area contributed by atoms with E-state index in [-0.39, 0.29) is 5.91 Å². The van der Waals surface area contributed by atoms with E-state index in [1.54, 1.807) is 5.01 Å². The maximum absolute atomic E-state index is 13.5. The van der Waals surface area contributed by atoms with Crippen molar-refractivity contribution in [2.75, 3.05) is 5.01 Å². The van der Waals surface area contributed by atoms with Crippen LogP contribution in [-0.2, 0) is 11.4 Å². The molecule has 0 unspecified atom stereocenters. The van der Waals surface area contributed by atoms with Crippen LogP contribution in [0.5, 0.6) is 5.75 Å². The van der Waals surface area contributed by atoms with E-state index in [9.17, 15) is 4.79 Å². The van der Waals surface area contributed by atoms with Gasteiger partial charge in [-0.25, -0.2) is 0 Å². The van der Waals surface area contributed by atoms with Gasteiger partial charge >= 0.3 is 0 Å². The molecule has 0 bridgehead atoms. The minimum atomic E-state index is -0.144. The predicted octanol–water partition coefficient (Wildman–Crippen LogP) is 7.03. The molecule has 0 radical (unpaired) electrons. The first-order valence-corrected chi connectivity index (χ1v) is 12.3. The molecule has 5 rings (SSSR count). The minimum absolute atomic E-state index is 0.144. The Labute approximate surface area is 212 Å². The van der Waals surface area contributed by atoms with E-state index in [0.29, 0.717) is 26.6 Å². The van der Waals surface area contributed by atoms with E-state index >= 15 is 0 Å². The Hall–Kier alpha value is -3.06. The number of aromatic nitrogens is 1. The van der Waals surface area contributed by atoms with Gasteiger partial charge in [-0.3, -0.25) is 9.47 Å². The molecular formula is C27H21ClN2O2S2. The first kappa shape index (κ1) is 22.7. The van der Waals surface area contributed by atoms with Gasteiger partial charge in [-0.1, -0.05) is 65.8 Å². The summed E-state index contributed by atoms with van der Waals surface area (Å²) in [7, 11) is 0. The van der Waals surface area contributed by atoms with Gasteiger partial charge in [0.05, 0.1) is 4.91 Å². The monoisotopic (exact) mass is 504 g/mol.